The van der Waals surface area contributed by atoms with Gasteiger partial charge in [0, 0.05) is 28.6 Å². The molecule has 7 rings (SSSR count). The summed E-state index contributed by atoms with van der Waals surface area (Å²) in [6.45, 7) is 0. The van der Waals surface area contributed by atoms with Crippen LogP contribution >= 0.6 is 11.6 Å². The third kappa shape index (κ3) is 4.21. The van der Waals surface area contributed by atoms with E-state index in [1.165, 1.54) is 44.6 Å². The molecule has 4 amide bonds. The number of hydrogen-bond donors (Lipinski definition) is 3. The van der Waals surface area contributed by atoms with Crippen LogP contribution in [0.4, 0.5) is 10.1 Å². The Labute approximate surface area is 268 Å². The molecule has 10 nitrogen and oxygen atoms in total. The zero-order chi connectivity index (χ0) is 32.5. The van der Waals surface area contributed by atoms with Crippen LogP contribution in [0.15, 0.2) is 72.3 Å². The van der Waals surface area contributed by atoms with Crippen molar-refractivity contribution in [1.29, 1.82) is 0 Å². The molecule has 2 heterocycles. The van der Waals surface area contributed by atoms with Gasteiger partial charge in [0.1, 0.15) is 23.1 Å². The lowest BCUT2D eigenvalue weighted by Gasteiger charge is -2.50. The molecule has 0 bridgehead atoms. The Morgan fingerprint density at radius 3 is 2.37 bits per heavy atom. The number of nitrogens with one attached hydrogen (secondary N) is 2. The average molecular weight is 646 g/mol. The number of allylic oxidation sites excluding steroid dienone is 2. The van der Waals surface area contributed by atoms with Crippen molar-refractivity contribution in [2.45, 2.75) is 24.2 Å². The van der Waals surface area contributed by atoms with E-state index in [1.807, 2.05) is 6.08 Å². The molecular formula is C34H29ClFN3O7. The molecule has 2 aliphatic heterocycles. The predicted octanol–water partition coefficient (Wildman–Crippen LogP) is 4.47. The molecule has 12 heteroatoms. The number of benzene rings is 3. The van der Waals surface area contributed by atoms with Gasteiger partial charge in [-0.05, 0) is 60.7 Å². The van der Waals surface area contributed by atoms with Crippen LogP contribution in [-0.4, -0.2) is 48.0 Å². The number of phenolic OH excluding ortho intramolecular Hbond substituents is 1. The van der Waals surface area contributed by atoms with Gasteiger partial charge in [0.2, 0.25) is 11.8 Å². The summed E-state index contributed by atoms with van der Waals surface area (Å²) < 4.78 is 24.9. The van der Waals surface area contributed by atoms with E-state index in [9.17, 15) is 23.9 Å². The molecule has 3 aromatic rings. The van der Waals surface area contributed by atoms with Crippen LogP contribution in [0.25, 0.3) is 0 Å². The van der Waals surface area contributed by atoms with Crippen molar-refractivity contribution in [1.82, 2.24) is 10.3 Å². The van der Waals surface area contributed by atoms with E-state index >= 15 is 4.79 Å². The predicted molar refractivity (Wildman–Crippen MR) is 163 cm³/mol. The Morgan fingerprint density at radius 1 is 0.978 bits per heavy atom. The lowest BCUT2D eigenvalue weighted by molar-refractivity contribution is -0.138. The Hall–Kier alpha value is -4.90. The van der Waals surface area contributed by atoms with Crippen molar-refractivity contribution in [3.05, 3.63) is 94.3 Å². The molecule has 3 N–H and O–H groups in total. The molecule has 6 atom stereocenters. The molecule has 0 spiro atoms. The van der Waals surface area contributed by atoms with Crippen LogP contribution in [0, 0.1) is 29.5 Å². The van der Waals surface area contributed by atoms with Gasteiger partial charge in [-0.25, -0.2) is 4.39 Å². The number of amides is 4. The number of fused-ring (bicyclic) bond motifs is 4. The number of methoxy groups -OCH3 is 2. The van der Waals surface area contributed by atoms with Gasteiger partial charge in [0.25, 0.3) is 11.8 Å². The second kappa shape index (κ2) is 10.9. The molecule has 0 radical (unpaired) electrons. The standard InChI is InChI=1S/C34H29ClFN3O7/c1-45-20-13-25(40)28(26(14-20)46-2)29-21-11-12-22-27(31(42)37-30(22)41)23(21)15-24-32(43)39(38-19-9-7-18(36)8-10-19)33(44)34(24,29)16-3-5-17(35)6-4-16/h3-11,13-14,22-24,27,29,38,40H,12,15H2,1-2H3,(H,37,41,42)/t22-,23+,24-,27-,29+,34+/m0/s1. The van der Waals surface area contributed by atoms with Gasteiger partial charge >= 0.3 is 0 Å². The minimum Gasteiger partial charge on any atom is -0.507 e. The molecule has 46 heavy (non-hydrogen) atoms. The van der Waals surface area contributed by atoms with E-state index in [4.69, 9.17) is 21.1 Å². The van der Waals surface area contributed by atoms with Gasteiger partial charge in [-0.3, -0.25) is 29.9 Å². The van der Waals surface area contributed by atoms with E-state index in [1.54, 1.807) is 30.3 Å². The number of imide groups is 2. The molecule has 0 unspecified atom stereocenters. The topological polar surface area (TPSA) is 134 Å². The minimum absolute atomic E-state index is 0.0677. The van der Waals surface area contributed by atoms with Crippen molar-refractivity contribution >= 4 is 40.9 Å². The number of carbonyl (C=O) groups is 4. The van der Waals surface area contributed by atoms with Crippen molar-refractivity contribution in [3.63, 3.8) is 0 Å². The quantitative estimate of drug-likeness (QED) is 0.264. The normalized spacial score (nSPS) is 28.2. The van der Waals surface area contributed by atoms with Crippen LogP contribution in [-0.2, 0) is 24.6 Å². The van der Waals surface area contributed by atoms with Crippen LogP contribution in [0.2, 0.25) is 5.02 Å². The minimum atomic E-state index is -1.66. The molecule has 236 valence electrons. The first-order valence-corrected chi connectivity index (χ1v) is 15.1. The maximum Gasteiger partial charge on any atom is 0.260 e. The maximum atomic E-state index is 15.1. The number of hydrogen-bond acceptors (Lipinski definition) is 8. The monoisotopic (exact) mass is 645 g/mol. The first-order valence-electron chi connectivity index (χ1n) is 14.8. The van der Waals surface area contributed by atoms with Crippen LogP contribution in [0.3, 0.4) is 0 Å². The van der Waals surface area contributed by atoms with E-state index < -0.39 is 58.5 Å². The van der Waals surface area contributed by atoms with Crippen molar-refractivity contribution in [2.24, 2.45) is 23.7 Å². The second-order valence-electron chi connectivity index (χ2n) is 12.0. The highest BCUT2D eigenvalue weighted by Crippen LogP contribution is 2.65. The lowest BCUT2D eigenvalue weighted by Crippen LogP contribution is -2.53. The molecule has 3 fully saturated rings. The fourth-order valence-electron chi connectivity index (χ4n) is 8.04. The summed E-state index contributed by atoms with van der Waals surface area (Å²) in [6, 6.07) is 14.8. The fourth-order valence-corrected chi connectivity index (χ4v) is 8.17. The Balaban J connectivity index is 1.52. The smallest absolute Gasteiger partial charge is 0.260 e. The fraction of sp³-hybridized carbons (Fsp3) is 0.294. The van der Waals surface area contributed by atoms with Gasteiger partial charge < -0.3 is 14.6 Å². The lowest BCUT2D eigenvalue weighted by atomic mass is 9.49. The summed E-state index contributed by atoms with van der Waals surface area (Å²) in [5.74, 6) is -6.35. The number of aromatic hydroxyl groups is 1. The zero-order valence-corrected chi connectivity index (χ0v) is 25.5. The second-order valence-corrected chi connectivity index (χ2v) is 12.4. The van der Waals surface area contributed by atoms with Gasteiger partial charge in [0.05, 0.1) is 43.1 Å². The Morgan fingerprint density at radius 2 is 1.70 bits per heavy atom. The number of halogens is 2. The summed E-state index contributed by atoms with van der Waals surface area (Å²) in [4.78, 5) is 55.7. The summed E-state index contributed by atoms with van der Waals surface area (Å²) in [5, 5.41) is 15.4. The molecule has 3 aromatic carbocycles. The molecule has 1 saturated carbocycles. The first kappa shape index (κ1) is 29.8. The number of carbonyl (C=O) groups excluding carboxylic acids is 4. The van der Waals surface area contributed by atoms with Gasteiger partial charge in [0.15, 0.2) is 0 Å². The third-order valence-electron chi connectivity index (χ3n) is 9.94. The van der Waals surface area contributed by atoms with E-state index in [0.717, 1.165) is 5.01 Å². The number of hydrazine groups is 1. The summed E-state index contributed by atoms with van der Waals surface area (Å²) >= 11 is 6.30. The number of phenols is 1. The van der Waals surface area contributed by atoms with Crippen LogP contribution < -0.4 is 20.2 Å². The maximum absolute atomic E-state index is 15.1. The highest BCUT2D eigenvalue weighted by Gasteiger charge is 2.70. The van der Waals surface area contributed by atoms with Crippen molar-refractivity contribution in [2.75, 3.05) is 19.6 Å². The largest absolute Gasteiger partial charge is 0.507 e. The third-order valence-corrected chi connectivity index (χ3v) is 10.2. The van der Waals surface area contributed by atoms with E-state index in [2.05, 4.69) is 10.7 Å². The van der Waals surface area contributed by atoms with Crippen molar-refractivity contribution < 1.29 is 38.1 Å². The summed E-state index contributed by atoms with van der Waals surface area (Å²) in [7, 11) is 2.86. The van der Waals surface area contributed by atoms with E-state index in [0.29, 0.717) is 27.6 Å². The van der Waals surface area contributed by atoms with Gasteiger partial charge in [-0.2, -0.15) is 5.01 Å². The van der Waals surface area contributed by atoms with Crippen molar-refractivity contribution in [3.8, 4) is 17.2 Å². The average Bonchev–Trinajstić information content (AvgIpc) is 3.46. The first-order chi connectivity index (χ1) is 22.1. The van der Waals surface area contributed by atoms with E-state index in [-0.39, 0.29) is 35.8 Å². The number of ether oxygens (including phenoxy) is 2. The molecule has 4 aliphatic rings. The number of nitrogens with zero attached hydrogens (tertiary/aromatic N) is 1. The molecular weight excluding hydrogens is 617 g/mol. The Bertz CT molecular complexity index is 1830. The van der Waals surface area contributed by atoms with Crippen LogP contribution in [0.5, 0.6) is 17.2 Å². The molecule has 2 saturated heterocycles. The summed E-state index contributed by atoms with van der Waals surface area (Å²) in [6.07, 6.45) is 2.16. The number of rotatable bonds is 6. The highest BCUT2D eigenvalue weighted by molar-refractivity contribution is 6.30. The molecule has 0 aromatic heterocycles. The van der Waals surface area contributed by atoms with Gasteiger partial charge in [-0.1, -0.05) is 35.4 Å². The molecule has 2 aliphatic carbocycles. The SMILES string of the molecule is COc1cc(O)c([C@H]2C3=CC[C@@H]4C(=O)NC(=O)[C@@H]4[C@@H]3C[C@H]3C(=O)N(Nc4ccc(F)cc4)C(=O)[C@@]23c2ccc(Cl)cc2)c(OC)c1. The highest BCUT2D eigenvalue weighted by atomic mass is 35.5. The zero-order valence-electron chi connectivity index (χ0n) is 24.8. The number of anilines is 1. The van der Waals surface area contributed by atoms with Gasteiger partial charge in [-0.15, -0.1) is 0 Å². The Kier molecular flexibility index (Phi) is 7.04. The van der Waals surface area contributed by atoms with Crippen LogP contribution in [0.1, 0.15) is 29.9 Å². The summed E-state index contributed by atoms with van der Waals surface area (Å²) in [5.41, 5.74) is 2.84.